The van der Waals surface area contributed by atoms with Gasteiger partial charge in [-0.3, -0.25) is 10.1 Å². The van der Waals surface area contributed by atoms with Gasteiger partial charge in [-0.25, -0.2) is 9.67 Å². The van der Waals surface area contributed by atoms with E-state index in [1.165, 1.54) is 12.3 Å². The van der Waals surface area contributed by atoms with Crippen LogP contribution in [0.2, 0.25) is 0 Å². The highest BCUT2D eigenvalue weighted by Gasteiger charge is 2.08. The van der Waals surface area contributed by atoms with Gasteiger partial charge >= 0.3 is 0 Å². The van der Waals surface area contributed by atoms with Gasteiger partial charge in [0.15, 0.2) is 5.82 Å². The van der Waals surface area contributed by atoms with Crippen molar-refractivity contribution in [1.29, 1.82) is 0 Å². The second kappa shape index (κ2) is 4.01. The molecule has 0 N–H and O–H groups in total. The van der Waals surface area contributed by atoms with Crippen LogP contribution in [0, 0.1) is 17.0 Å². The van der Waals surface area contributed by atoms with Crippen LogP contribution in [0.5, 0.6) is 0 Å². The van der Waals surface area contributed by atoms with Crippen LogP contribution in [-0.2, 0) is 0 Å². The Balaban J connectivity index is 2.38. The second-order valence-electron chi connectivity index (χ2n) is 3.14. The largest absolute Gasteiger partial charge is 0.287 e. The van der Waals surface area contributed by atoms with Gasteiger partial charge in [-0.1, -0.05) is 0 Å². The first-order valence-corrected chi connectivity index (χ1v) is 5.20. The van der Waals surface area contributed by atoms with Crippen molar-refractivity contribution in [1.82, 2.24) is 14.8 Å². The van der Waals surface area contributed by atoms with E-state index in [0.29, 0.717) is 5.82 Å². The topological polar surface area (TPSA) is 73.8 Å². The summed E-state index contributed by atoms with van der Waals surface area (Å²) in [5.74, 6) is 0.541. The summed E-state index contributed by atoms with van der Waals surface area (Å²) in [7, 11) is 0. The Labute approximate surface area is 99.2 Å². The summed E-state index contributed by atoms with van der Waals surface area (Å²) in [6, 6.07) is 2.95. The number of aryl methyl sites for hydroxylation is 1. The van der Waals surface area contributed by atoms with Crippen molar-refractivity contribution < 1.29 is 4.92 Å². The molecule has 7 heteroatoms. The van der Waals surface area contributed by atoms with E-state index in [0.717, 1.165) is 10.2 Å². The van der Waals surface area contributed by atoms with E-state index in [2.05, 4.69) is 26.0 Å². The van der Waals surface area contributed by atoms with Gasteiger partial charge in [-0.2, -0.15) is 5.10 Å². The summed E-state index contributed by atoms with van der Waals surface area (Å²) in [4.78, 5) is 13.9. The summed E-state index contributed by atoms with van der Waals surface area (Å²) in [5, 5.41) is 14.6. The molecule has 0 spiro atoms. The van der Waals surface area contributed by atoms with Gasteiger partial charge in [0.25, 0.3) is 5.69 Å². The second-order valence-corrected chi connectivity index (χ2v) is 3.99. The molecule has 2 aromatic heterocycles. The third kappa shape index (κ3) is 1.94. The summed E-state index contributed by atoms with van der Waals surface area (Å²) < 4.78 is 2.43. The van der Waals surface area contributed by atoms with Crippen molar-refractivity contribution in [3.05, 3.63) is 44.8 Å². The highest BCUT2D eigenvalue weighted by atomic mass is 79.9. The van der Waals surface area contributed by atoms with E-state index < -0.39 is 4.92 Å². The van der Waals surface area contributed by atoms with E-state index in [4.69, 9.17) is 0 Å². The molecule has 0 saturated heterocycles. The van der Waals surface area contributed by atoms with Gasteiger partial charge in [0.1, 0.15) is 6.20 Å². The summed E-state index contributed by atoms with van der Waals surface area (Å²) in [6.07, 6.45) is 2.96. The van der Waals surface area contributed by atoms with Crippen LogP contribution in [0.4, 0.5) is 5.69 Å². The first kappa shape index (κ1) is 10.7. The molecule has 2 aromatic rings. The van der Waals surface area contributed by atoms with Crippen LogP contribution in [0.3, 0.4) is 0 Å². The maximum Gasteiger partial charge on any atom is 0.287 e. The maximum absolute atomic E-state index is 10.4. The molecule has 0 saturated carbocycles. The van der Waals surface area contributed by atoms with Crippen LogP contribution in [0.15, 0.2) is 29.0 Å². The third-order valence-corrected chi connectivity index (χ3v) is 2.80. The number of nitro groups is 1. The Kier molecular flexibility index (Phi) is 2.69. The van der Waals surface area contributed by atoms with Crippen molar-refractivity contribution in [2.75, 3.05) is 0 Å². The number of hydrogen-bond acceptors (Lipinski definition) is 4. The molecule has 82 valence electrons. The number of halogens is 1. The molecule has 0 amide bonds. The lowest BCUT2D eigenvalue weighted by Gasteiger charge is -1.98. The molecule has 0 fully saturated rings. The molecule has 0 aliphatic rings. The summed E-state index contributed by atoms with van der Waals surface area (Å²) in [5.41, 5.74) is 0.798. The van der Waals surface area contributed by atoms with Gasteiger partial charge in [-0.15, -0.1) is 0 Å². The summed E-state index contributed by atoms with van der Waals surface area (Å²) >= 11 is 3.33. The maximum atomic E-state index is 10.4. The molecule has 2 rings (SSSR count). The molecule has 16 heavy (non-hydrogen) atoms. The normalized spacial score (nSPS) is 10.4. The highest BCUT2D eigenvalue weighted by Crippen LogP contribution is 2.17. The average molecular weight is 283 g/mol. The highest BCUT2D eigenvalue weighted by molar-refractivity contribution is 9.10. The fourth-order valence-electron chi connectivity index (χ4n) is 1.18. The molecule has 2 heterocycles. The van der Waals surface area contributed by atoms with Crippen molar-refractivity contribution in [3.8, 4) is 5.82 Å². The van der Waals surface area contributed by atoms with Gasteiger partial charge in [0.2, 0.25) is 0 Å². The molecule has 0 aliphatic heterocycles. The van der Waals surface area contributed by atoms with Crippen LogP contribution in [0.25, 0.3) is 5.82 Å². The minimum atomic E-state index is -0.485. The van der Waals surface area contributed by atoms with Crippen LogP contribution >= 0.6 is 15.9 Å². The standard InChI is InChI=1S/C9H7BrN4O2/c1-6-8(10)5-13(12-6)9-3-2-7(4-11-9)14(15)16/h2-5H,1H3. The van der Waals surface area contributed by atoms with E-state index in [-0.39, 0.29) is 5.69 Å². The lowest BCUT2D eigenvalue weighted by molar-refractivity contribution is -0.385. The quantitative estimate of drug-likeness (QED) is 0.625. The molecule has 0 aliphatic carbocycles. The molecule has 6 nitrogen and oxygen atoms in total. The molecule has 0 aromatic carbocycles. The number of pyridine rings is 1. The smallest absolute Gasteiger partial charge is 0.258 e. The zero-order valence-electron chi connectivity index (χ0n) is 8.29. The SMILES string of the molecule is Cc1nn(-c2ccc([N+](=O)[O-])cn2)cc1Br. The zero-order chi connectivity index (χ0) is 11.7. The molecular formula is C9H7BrN4O2. The Morgan fingerprint density at radius 1 is 1.50 bits per heavy atom. The lowest BCUT2D eigenvalue weighted by atomic mass is 10.4. The average Bonchev–Trinajstić information content (AvgIpc) is 2.59. The van der Waals surface area contributed by atoms with E-state index in [1.54, 1.807) is 16.9 Å². The molecule has 0 bridgehead atoms. The van der Waals surface area contributed by atoms with Crippen molar-refractivity contribution in [3.63, 3.8) is 0 Å². The molecule has 0 atom stereocenters. The lowest BCUT2D eigenvalue weighted by Crippen LogP contribution is -1.99. The molecule has 0 unspecified atom stereocenters. The van der Waals surface area contributed by atoms with E-state index in [9.17, 15) is 10.1 Å². The predicted molar refractivity (Wildman–Crippen MR) is 60.5 cm³/mol. The number of nitrogens with zero attached hydrogens (tertiary/aromatic N) is 4. The fourth-order valence-corrected chi connectivity index (χ4v) is 1.45. The fraction of sp³-hybridized carbons (Fsp3) is 0.111. The Hall–Kier alpha value is -1.76. The van der Waals surface area contributed by atoms with Gasteiger partial charge in [0.05, 0.1) is 15.1 Å². The first-order chi connectivity index (χ1) is 7.58. The van der Waals surface area contributed by atoms with E-state index >= 15 is 0 Å². The molecular weight excluding hydrogens is 276 g/mol. The van der Waals surface area contributed by atoms with Crippen molar-refractivity contribution >= 4 is 21.6 Å². The minimum Gasteiger partial charge on any atom is -0.258 e. The van der Waals surface area contributed by atoms with Crippen LogP contribution < -0.4 is 0 Å². The number of rotatable bonds is 2. The minimum absolute atomic E-state index is 0.0355. The Morgan fingerprint density at radius 3 is 2.69 bits per heavy atom. The Bertz CT molecular complexity index is 515. The number of hydrogen-bond donors (Lipinski definition) is 0. The van der Waals surface area contributed by atoms with Crippen molar-refractivity contribution in [2.24, 2.45) is 0 Å². The zero-order valence-corrected chi connectivity index (χ0v) is 9.88. The number of aromatic nitrogens is 3. The van der Waals surface area contributed by atoms with Gasteiger partial charge < -0.3 is 0 Å². The van der Waals surface area contributed by atoms with Crippen LogP contribution in [0.1, 0.15) is 5.69 Å². The van der Waals surface area contributed by atoms with E-state index in [1.807, 2.05) is 6.92 Å². The van der Waals surface area contributed by atoms with Gasteiger partial charge in [-0.05, 0) is 28.9 Å². The molecule has 0 radical (unpaired) electrons. The predicted octanol–water partition coefficient (Wildman–Crippen LogP) is 2.25. The van der Waals surface area contributed by atoms with Gasteiger partial charge in [0, 0.05) is 12.3 Å². The first-order valence-electron chi connectivity index (χ1n) is 4.40. The Morgan fingerprint density at radius 2 is 2.25 bits per heavy atom. The monoisotopic (exact) mass is 282 g/mol. The van der Waals surface area contributed by atoms with Crippen LogP contribution in [-0.4, -0.2) is 19.7 Å². The third-order valence-electron chi connectivity index (χ3n) is 2.02. The summed E-state index contributed by atoms with van der Waals surface area (Å²) in [6.45, 7) is 1.85. The van der Waals surface area contributed by atoms with Crippen molar-refractivity contribution in [2.45, 2.75) is 6.92 Å².